The summed E-state index contributed by atoms with van der Waals surface area (Å²) < 4.78 is 0.548. The van der Waals surface area contributed by atoms with Gasteiger partial charge in [0.1, 0.15) is 0 Å². The molecule has 0 aromatic carbocycles. The van der Waals surface area contributed by atoms with Crippen molar-refractivity contribution in [1.29, 1.82) is 0 Å². The fourth-order valence-electron chi connectivity index (χ4n) is 0.0244. The highest BCUT2D eigenvalue weighted by Crippen LogP contribution is 2.07. The summed E-state index contributed by atoms with van der Waals surface area (Å²) in [5.41, 5.74) is 0. The third-order valence-electron chi connectivity index (χ3n) is 0.211. The lowest BCUT2D eigenvalue weighted by Crippen LogP contribution is -1.84. The molecular weight excluding hydrogens is 231 g/mol. The van der Waals surface area contributed by atoms with E-state index in [2.05, 4.69) is 11.7 Å². The van der Waals surface area contributed by atoms with Crippen molar-refractivity contribution in [3.8, 4) is 0 Å². The summed E-state index contributed by atoms with van der Waals surface area (Å²) in [6.45, 7) is 0. The summed E-state index contributed by atoms with van der Waals surface area (Å²) >= 11 is 5.65. The third kappa shape index (κ3) is 3.30. The molecule has 0 aliphatic heterocycles. The second kappa shape index (κ2) is 4.26. The zero-order valence-corrected chi connectivity index (χ0v) is 6.72. The molecule has 36 valence electrons. The van der Waals surface area contributed by atoms with E-state index in [-0.39, 0.29) is 5.12 Å². The van der Waals surface area contributed by atoms with Gasteiger partial charge in [-0.15, -0.1) is 11.7 Å². The second-order valence-electron chi connectivity index (χ2n) is 0.597. The summed E-state index contributed by atoms with van der Waals surface area (Å²) in [4.78, 5) is 10.1. The monoisotopic (exact) mass is 234 g/mol. The van der Waals surface area contributed by atoms with Crippen LogP contribution in [0.3, 0.4) is 0 Å². The molecule has 0 radical (unpaired) electrons. The van der Waals surface area contributed by atoms with E-state index in [1.165, 1.54) is 0 Å². The van der Waals surface area contributed by atoms with Crippen molar-refractivity contribution in [3.63, 3.8) is 0 Å². The van der Waals surface area contributed by atoms with Gasteiger partial charge in [-0.1, -0.05) is 22.6 Å². The van der Waals surface area contributed by atoms with E-state index in [0.717, 1.165) is 10.8 Å². The summed E-state index contributed by atoms with van der Waals surface area (Å²) in [6, 6.07) is 0. The maximum absolute atomic E-state index is 10.1. The molecule has 0 saturated heterocycles. The average Bonchev–Trinajstić information content (AvgIpc) is 1.65. The standard InChI is InChI=1S/C2H3IOS2/c3-1-2(4)6-5/h5H,1H2. The Hall–Kier alpha value is 1.10. The van der Waals surface area contributed by atoms with Gasteiger partial charge >= 0.3 is 0 Å². The van der Waals surface area contributed by atoms with Gasteiger partial charge in [-0.2, -0.15) is 0 Å². The van der Waals surface area contributed by atoms with E-state index >= 15 is 0 Å². The maximum atomic E-state index is 10.1. The van der Waals surface area contributed by atoms with Gasteiger partial charge in [-0.05, 0) is 10.8 Å². The Bertz CT molecular complexity index is 49.5. The third-order valence-corrected chi connectivity index (χ3v) is 2.38. The van der Waals surface area contributed by atoms with Crippen LogP contribution in [-0.4, -0.2) is 9.54 Å². The Morgan fingerprint density at radius 2 is 2.50 bits per heavy atom. The van der Waals surface area contributed by atoms with Crippen LogP contribution in [0.4, 0.5) is 0 Å². The van der Waals surface area contributed by atoms with Gasteiger partial charge in [0.15, 0.2) is 0 Å². The SMILES string of the molecule is O=C(CI)SS. The molecule has 0 atom stereocenters. The van der Waals surface area contributed by atoms with Crippen molar-refractivity contribution in [1.82, 2.24) is 0 Å². The molecule has 0 N–H and O–H groups in total. The minimum atomic E-state index is 0.110. The summed E-state index contributed by atoms with van der Waals surface area (Å²) in [7, 11) is 0.973. The Kier molecular flexibility index (Phi) is 5.05. The van der Waals surface area contributed by atoms with Crippen LogP contribution in [0.2, 0.25) is 0 Å². The summed E-state index contributed by atoms with van der Waals surface area (Å²) in [5, 5.41) is 0.110. The highest BCUT2D eigenvalue weighted by atomic mass is 127. The first-order chi connectivity index (χ1) is 2.81. The van der Waals surface area contributed by atoms with Crippen LogP contribution in [0.5, 0.6) is 0 Å². The number of alkyl halides is 1. The lowest BCUT2D eigenvalue weighted by atomic mass is 10.9. The first-order valence-corrected chi connectivity index (χ1v) is 4.61. The normalized spacial score (nSPS) is 8.33. The minimum absolute atomic E-state index is 0.110. The molecule has 0 heterocycles. The number of thiol groups is 1. The first-order valence-electron chi connectivity index (χ1n) is 1.21. The molecule has 0 saturated carbocycles. The topological polar surface area (TPSA) is 17.1 Å². The molecule has 0 aliphatic carbocycles. The number of halogens is 1. The number of carbonyl (C=O) groups excluding carboxylic acids is 1. The largest absolute Gasteiger partial charge is 0.285 e. The number of hydrogen-bond donors (Lipinski definition) is 1. The van der Waals surface area contributed by atoms with Crippen LogP contribution in [0.15, 0.2) is 0 Å². The van der Waals surface area contributed by atoms with E-state index in [1.807, 2.05) is 22.6 Å². The number of carbonyl (C=O) groups is 1. The van der Waals surface area contributed by atoms with Crippen molar-refractivity contribution in [3.05, 3.63) is 0 Å². The molecule has 1 nitrogen and oxygen atoms in total. The van der Waals surface area contributed by atoms with Gasteiger partial charge in [-0.3, -0.25) is 4.79 Å². The smallest absolute Gasteiger partial charge is 0.208 e. The molecule has 0 spiro atoms. The van der Waals surface area contributed by atoms with Crippen molar-refractivity contribution in [2.45, 2.75) is 0 Å². The first kappa shape index (κ1) is 7.10. The highest BCUT2D eigenvalue weighted by molar-refractivity contribution is 14.1. The van der Waals surface area contributed by atoms with Crippen molar-refractivity contribution >= 4 is 50.2 Å². The predicted molar refractivity (Wildman–Crippen MR) is 40.5 cm³/mol. The second-order valence-corrected chi connectivity index (χ2v) is 2.55. The Labute approximate surface area is 59.2 Å². The Morgan fingerprint density at radius 3 is 2.50 bits per heavy atom. The zero-order valence-electron chi connectivity index (χ0n) is 2.85. The molecule has 0 rings (SSSR count). The molecule has 0 bridgehead atoms. The van der Waals surface area contributed by atoms with Crippen LogP contribution in [0.25, 0.3) is 0 Å². The van der Waals surface area contributed by atoms with Crippen molar-refractivity contribution in [2.75, 3.05) is 4.43 Å². The van der Waals surface area contributed by atoms with Crippen LogP contribution >= 0.6 is 45.0 Å². The van der Waals surface area contributed by atoms with Gasteiger partial charge in [0.2, 0.25) is 5.12 Å². The summed E-state index contributed by atoms with van der Waals surface area (Å²) in [6.07, 6.45) is 0. The van der Waals surface area contributed by atoms with E-state index in [1.54, 1.807) is 0 Å². The molecule has 0 aliphatic rings. The van der Waals surface area contributed by atoms with E-state index in [9.17, 15) is 4.79 Å². The van der Waals surface area contributed by atoms with Gasteiger partial charge in [0.25, 0.3) is 0 Å². The zero-order chi connectivity index (χ0) is 4.99. The fourth-order valence-corrected chi connectivity index (χ4v) is 1.47. The van der Waals surface area contributed by atoms with Crippen LogP contribution in [0.1, 0.15) is 0 Å². The number of rotatable bonds is 1. The molecular formula is C2H3IOS2. The average molecular weight is 234 g/mol. The van der Waals surface area contributed by atoms with E-state index in [4.69, 9.17) is 0 Å². The maximum Gasteiger partial charge on any atom is 0.208 e. The van der Waals surface area contributed by atoms with Crippen molar-refractivity contribution < 1.29 is 4.79 Å². The summed E-state index contributed by atoms with van der Waals surface area (Å²) in [5.74, 6) is 0. The van der Waals surface area contributed by atoms with Gasteiger partial charge in [0, 0.05) is 0 Å². The molecule has 6 heavy (non-hydrogen) atoms. The lowest BCUT2D eigenvalue weighted by molar-refractivity contribution is -0.108. The van der Waals surface area contributed by atoms with Gasteiger partial charge < -0.3 is 0 Å². The quantitative estimate of drug-likeness (QED) is 0.320. The minimum Gasteiger partial charge on any atom is -0.285 e. The molecule has 0 aromatic heterocycles. The van der Waals surface area contributed by atoms with E-state index < -0.39 is 0 Å². The van der Waals surface area contributed by atoms with E-state index in [0.29, 0.717) is 4.43 Å². The fraction of sp³-hybridized carbons (Fsp3) is 0.500. The van der Waals surface area contributed by atoms with Crippen LogP contribution in [-0.2, 0) is 4.79 Å². The van der Waals surface area contributed by atoms with Gasteiger partial charge in [-0.25, -0.2) is 0 Å². The molecule has 0 amide bonds. The predicted octanol–water partition coefficient (Wildman–Crippen LogP) is 1.53. The molecule has 0 aromatic rings. The molecule has 0 unspecified atom stereocenters. The van der Waals surface area contributed by atoms with Crippen molar-refractivity contribution in [2.24, 2.45) is 0 Å². The Balaban J connectivity index is 2.99. The lowest BCUT2D eigenvalue weighted by Gasteiger charge is -1.78. The van der Waals surface area contributed by atoms with Gasteiger partial charge in [0.05, 0.1) is 4.43 Å². The van der Waals surface area contributed by atoms with Crippen LogP contribution in [0, 0.1) is 0 Å². The molecule has 0 fully saturated rings. The highest BCUT2D eigenvalue weighted by Gasteiger charge is 1.90. The van der Waals surface area contributed by atoms with Crippen LogP contribution < -0.4 is 0 Å². The Morgan fingerprint density at radius 1 is 2.00 bits per heavy atom. The molecule has 4 heteroatoms. The number of hydrogen-bond acceptors (Lipinski definition) is 3.